The molecule has 0 radical (unpaired) electrons. The fraction of sp³-hybridized carbons (Fsp3) is 0.588. The summed E-state index contributed by atoms with van der Waals surface area (Å²) in [6, 6.07) is 6.17. The molecule has 1 heterocycles. The SMILES string of the molecule is O=C(CCc1ccc2c(c1)CCO2)C1(O)CCCCC1. The highest BCUT2D eigenvalue weighted by molar-refractivity contribution is 5.87. The third-order valence-corrected chi connectivity index (χ3v) is 4.59. The molecule has 2 aliphatic rings. The van der Waals surface area contributed by atoms with Gasteiger partial charge in [0.2, 0.25) is 0 Å². The van der Waals surface area contributed by atoms with Crippen molar-refractivity contribution >= 4 is 5.78 Å². The van der Waals surface area contributed by atoms with Crippen molar-refractivity contribution in [3.8, 4) is 5.75 Å². The second-order valence-electron chi connectivity index (χ2n) is 6.06. The zero-order valence-corrected chi connectivity index (χ0v) is 11.9. The first-order valence-electron chi connectivity index (χ1n) is 7.68. The Morgan fingerprint density at radius 3 is 2.85 bits per heavy atom. The average Bonchev–Trinajstić information content (AvgIpc) is 2.93. The third kappa shape index (κ3) is 2.73. The largest absolute Gasteiger partial charge is 0.493 e. The van der Waals surface area contributed by atoms with E-state index in [2.05, 4.69) is 6.07 Å². The minimum Gasteiger partial charge on any atom is -0.493 e. The highest BCUT2D eigenvalue weighted by Gasteiger charge is 2.36. The van der Waals surface area contributed by atoms with E-state index in [0.29, 0.717) is 25.7 Å². The van der Waals surface area contributed by atoms with E-state index >= 15 is 0 Å². The van der Waals surface area contributed by atoms with Crippen molar-refractivity contribution in [1.82, 2.24) is 0 Å². The van der Waals surface area contributed by atoms with Gasteiger partial charge in [-0.1, -0.05) is 31.4 Å². The van der Waals surface area contributed by atoms with E-state index in [4.69, 9.17) is 4.74 Å². The lowest BCUT2D eigenvalue weighted by Crippen LogP contribution is -2.40. The number of ether oxygens (including phenoxy) is 1. The Balaban J connectivity index is 1.60. The Morgan fingerprint density at radius 2 is 2.05 bits per heavy atom. The number of aliphatic hydroxyl groups is 1. The topological polar surface area (TPSA) is 46.5 Å². The maximum atomic E-state index is 12.3. The molecule has 3 heteroatoms. The lowest BCUT2D eigenvalue weighted by atomic mass is 9.80. The second-order valence-corrected chi connectivity index (χ2v) is 6.06. The zero-order chi connectivity index (χ0) is 14.0. The number of fused-ring (bicyclic) bond motifs is 1. The van der Waals surface area contributed by atoms with Crippen LogP contribution in [0.5, 0.6) is 5.75 Å². The summed E-state index contributed by atoms with van der Waals surface area (Å²) in [5.74, 6) is 1.000. The molecule has 0 spiro atoms. The van der Waals surface area contributed by atoms with Gasteiger partial charge in [-0.25, -0.2) is 0 Å². The van der Waals surface area contributed by atoms with E-state index < -0.39 is 5.60 Å². The molecule has 0 amide bonds. The van der Waals surface area contributed by atoms with Crippen molar-refractivity contribution in [2.45, 2.75) is 57.0 Å². The lowest BCUT2D eigenvalue weighted by Gasteiger charge is -2.30. The van der Waals surface area contributed by atoms with Crippen LogP contribution in [0.15, 0.2) is 18.2 Å². The molecule has 0 bridgehead atoms. The van der Waals surface area contributed by atoms with Crippen LogP contribution in [0.3, 0.4) is 0 Å². The molecule has 0 aromatic heterocycles. The van der Waals surface area contributed by atoms with Gasteiger partial charge in [0.05, 0.1) is 6.61 Å². The third-order valence-electron chi connectivity index (χ3n) is 4.59. The summed E-state index contributed by atoms with van der Waals surface area (Å²) in [5.41, 5.74) is 1.37. The molecule has 1 N–H and O–H groups in total. The molecule has 0 unspecified atom stereocenters. The Hall–Kier alpha value is -1.35. The maximum absolute atomic E-state index is 12.3. The minimum atomic E-state index is -1.04. The number of Topliss-reactive ketones (excluding diaryl/α,β-unsaturated/α-hetero) is 1. The molecule has 1 fully saturated rings. The quantitative estimate of drug-likeness (QED) is 0.918. The molecule has 1 aromatic carbocycles. The molecule has 1 aromatic rings. The number of carbonyl (C=O) groups excluding carboxylic acids is 1. The second kappa shape index (κ2) is 5.57. The lowest BCUT2D eigenvalue weighted by molar-refractivity contribution is -0.140. The monoisotopic (exact) mass is 274 g/mol. The van der Waals surface area contributed by atoms with Crippen LogP contribution in [0, 0.1) is 0 Å². The molecular weight excluding hydrogens is 252 g/mol. The van der Waals surface area contributed by atoms with Gasteiger partial charge in [-0.05, 0) is 36.5 Å². The van der Waals surface area contributed by atoms with Crippen LogP contribution in [-0.2, 0) is 17.6 Å². The van der Waals surface area contributed by atoms with Crippen LogP contribution in [0.25, 0.3) is 0 Å². The predicted octanol–water partition coefficient (Wildman–Crippen LogP) is 2.82. The van der Waals surface area contributed by atoms with Crippen molar-refractivity contribution in [3.63, 3.8) is 0 Å². The Bertz CT molecular complexity index is 501. The fourth-order valence-electron chi connectivity index (χ4n) is 3.30. The molecule has 3 nitrogen and oxygen atoms in total. The number of carbonyl (C=O) groups is 1. The van der Waals surface area contributed by atoms with E-state index in [1.807, 2.05) is 12.1 Å². The van der Waals surface area contributed by atoms with Crippen LogP contribution in [0.2, 0.25) is 0 Å². The van der Waals surface area contributed by atoms with Crippen LogP contribution in [-0.4, -0.2) is 23.1 Å². The molecule has 1 aliphatic carbocycles. The van der Waals surface area contributed by atoms with Gasteiger partial charge in [-0.3, -0.25) is 4.79 Å². The molecule has 1 saturated carbocycles. The number of hydrogen-bond donors (Lipinski definition) is 1. The first-order valence-corrected chi connectivity index (χ1v) is 7.68. The summed E-state index contributed by atoms with van der Waals surface area (Å²) in [6.45, 7) is 0.761. The van der Waals surface area contributed by atoms with Gasteiger partial charge in [-0.15, -0.1) is 0 Å². The average molecular weight is 274 g/mol. The molecule has 1 aliphatic heterocycles. The number of aryl methyl sites for hydroxylation is 1. The normalized spacial score (nSPS) is 20.2. The van der Waals surface area contributed by atoms with Gasteiger partial charge in [0, 0.05) is 12.8 Å². The van der Waals surface area contributed by atoms with Crippen molar-refractivity contribution in [3.05, 3.63) is 29.3 Å². The molecule has 0 saturated heterocycles. The molecular formula is C17H22O3. The fourth-order valence-corrected chi connectivity index (χ4v) is 3.30. The standard InChI is InChI=1S/C17H22O3/c18-16(17(19)9-2-1-3-10-17)7-5-13-4-6-15-14(12-13)8-11-20-15/h4,6,12,19H,1-3,5,7-11H2. The summed E-state index contributed by atoms with van der Waals surface area (Å²) in [5, 5.41) is 10.4. The zero-order valence-electron chi connectivity index (χ0n) is 11.9. The summed E-state index contributed by atoms with van der Waals surface area (Å²) in [6.07, 6.45) is 6.48. The number of benzene rings is 1. The number of rotatable bonds is 4. The van der Waals surface area contributed by atoms with Crippen LogP contribution >= 0.6 is 0 Å². The van der Waals surface area contributed by atoms with E-state index in [1.165, 1.54) is 11.1 Å². The molecule has 0 atom stereocenters. The highest BCUT2D eigenvalue weighted by atomic mass is 16.5. The Kier molecular flexibility index (Phi) is 3.79. The van der Waals surface area contributed by atoms with Gasteiger partial charge in [-0.2, -0.15) is 0 Å². The maximum Gasteiger partial charge on any atom is 0.164 e. The summed E-state index contributed by atoms with van der Waals surface area (Å²) in [4.78, 5) is 12.3. The van der Waals surface area contributed by atoms with Gasteiger partial charge >= 0.3 is 0 Å². The Labute approximate surface area is 120 Å². The van der Waals surface area contributed by atoms with Gasteiger partial charge in [0.1, 0.15) is 11.4 Å². The number of hydrogen-bond acceptors (Lipinski definition) is 3. The first-order chi connectivity index (χ1) is 9.67. The highest BCUT2D eigenvalue weighted by Crippen LogP contribution is 2.31. The summed E-state index contributed by atoms with van der Waals surface area (Å²) >= 11 is 0. The van der Waals surface area contributed by atoms with Crippen LogP contribution in [0.4, 0.5) is 0 Å². The van der Waals surface area contributed by atoms with Crippen molar-refractivity contribution in [2.75, 3.05) is 6.61 Å². The summed E-state index contributed by atoms with van der Waals surface area (Å²) in [7, 11) is 0. The predicted molar refractivity (Wildman–Crippen MR) is 77.0 cm³/mol. The molecule has 20 heavy (non-hydrogen) atoms. The van der Waals surface area contributed by atoms with Crippen molar-refractivity contribution in [2.24, 2.45) is 0 Å². The van der Waals surface area contributed by atoms with Crippen LogP contribution in [0.1, 0.15) is 49.7 Å². The van der Waals surface area contributed by atoms with Crippen LogP contribution < -0.4 is 4.74 Å². The van der Waals surface area contributed by atoms with E-state index in [-0.39, 0.29) is 5.78 Å². The number of ketones is 1. The first kappa shape index (κ1) is 13.6. The van der Waals surface area contributed by atoms with E-state index in [9.17, 15) is 9.90 Å². The van der Waals surface area contributed by atoms with E-state index in [1.54, 1.807) is 0 Å². The smallest absolute Gasteiger partial charge is 0.164 e. The van der Waals surface area contributed by atoms with Crippen molar-refractivity contribution in [1.29, 1.82) is 0 Å². The summed E-state index contributed by atoms with van der Waals surface area (Å²) < 4.78 is 5.48. The van der Waals surface area contributed by atoms with Gasteiger partial charge in [0.15, 0.2) is 5.78 Å². The minimum absolute atomic E-state index is 0.0222. The van der Waals surface area contributed by atoms with Gasteiger partial charge < -0.3 is 9.84 Å². The van der Waals surface area contributed by atoms with Gasteiger partial charge in [0.25, 0.3) is 0 Å². The molecule has 3 rings (SSSR count). The van der Waals surface area contributed by atoms with E-state index in [0.717, 1.165) is 38.0 Å². The Morgan fingerprint density at radius 1 is 1.25 bits per heavy atom. The van der Waals surface area contributed by atoms with Crippen molar-refractivity contribution < 1.29 is 14.6 Å². The molecule has 108 valence electrons.